The van der Waals surface area contributed by atoms with E-state index in [0.29, 0.717) is 30.7 Å². The van der Waals surface area contributed by atoms with E-state index in [1.54, 1.807) is 6.08 Å². The Morgan fingerprint density at radius 3 is 2.96 bits per heavy atom. The van der Waals surface area contributed by atoms with Crippen LogP contribution >= 0.6 is 0 Å². The number of aromatic nitrogens is 3. The molecule has 24 heavy (non-hydrogen) atoms. The number of Topliss-reactive ketones (excluding diaryl/α,β-unsaturated/α-hetero) is 1. The van der Waals surface area contributed by atoms with Crippen molar-refractivity contribution in [3.8, 4) is 17.4 Å². The maximum Gasteiger partial charge on any atom is 0.255 e. The van der Waals surface area contributed by atoms with Crippen molar-refractivity contribution in [2.75, 3.05) is 0 Å². The Balaban J connectivity index is 2.07. The molecule has 1 aliphatic carbocycles. The van der Waals surface area contributed by atoms with E-state index in [2.05, 4.69) is 21.7 Å². The molecule has 0 aromatic carbocycles. The molecule has 0 radical (unpaired) electrons. The van der Waals surface area contributed by atoms with Crippen LogP contribution in [0, 0.1) is 0 Å². The van der Waals surface area contributed by atoms with E-state index in [1.165, 1.54) is 0 Å². The number of hydrogen-bond donors (Lipinski definition) is 2. The minimum Gasteiger partial charge on any atom is -0.493 e. The fraction of sp³-hybridized carbons (Fsp3) is 0.412. The first-order valence-electron chi connectivity index (χ1n) is 8.03. The smallest absolute Gasteiger partial charge is 0.255 e. The molecule has 7 heteroatoms. The summed E-state index contributed by atoms with van der Waals surface area (Å²) in [5.41, 5.74) is 0.618. The van der Waals surface area contributed by atoms with Crippen molar-refractivity contribution in [2.45, 2.75) is 44.4 Å². The summed E-state index contributed by atoms with van der Waals surface area (Å²) in [6.45, 7) is 3.72. The quantitative estimate of drug-likeness (QED) is 0.816. The summed E-state index contributed by atoms with van der Waals surface area (Å²) in [6, 6.07) is 0.985. The van der Waals surface area contributed by atoms with Crippen LogP contribution in [0.15, 0.2) is 28.0 Å². The lowest BCUT2D eigenvalue weighted by Gasteiger charge is -2.18. The average molecular weight is 329 g/mol. The molecule has 0 saturated heterocycles. The number of allylic oxidation sites excluding steroid dienone is 1. The van der Waals surface area contributed by atoms with Crippen LogP contribution in [0.1, 0.15) is 49.3 Å². The first-order valence-corrected chi connectivity index (χ1v) is 8.03. The number of aromatic hydroxyl groups is 1. The number of rotatable bonds is 5. The van der Waals surface area contributed by atoms with Gasteiger partial charge in [0.1, 0.15) is 5.78 Å². The molecule has 0 amide bonds. The van der Waals surface area contributed by atoms with E-state index in [4.69, 9.17) is 4.52 Å². The van der Waals surface area contributed by atoms with E-state index < -0.39 is 5.56 Å². The van der Waals surface area contributed by atoms with Gasteiger partial charge in [0.2, 0.25) is 5.88 Å². The Morgan fingerprint density at radius 1 is 1.42 bits per heavy atom. The molecule has 2 heterocycles. The molecule has 2 N–H and O–H groups in total. The Bertz CT molecular complexity index is 821. The number of aromatic amines is 1. The lowest BCUT2D eigenvalue weighted by atomic mass is 9.84. The van der Waals surface area contributed by atoms with Crippen molar-refractivity contribution < 1.29 is 14.4 Å². The fourth-order valence-electron chi connectivity index (χ4n) is 3.09. The van der Waals surface area contributed by atoms with Gasteiger partial charge in [0.15, 0.2) is 17.3 Å². The van der Waals surface area contributed by atoms with Gasteiger partial charge in [-0.05, 0) is 25.7 Å². The summed E-state index contributed by atoms with van der Waals surface area (Å²) in [7, 11) is 0. The van der Waals surface area contributed by atoms with Crippen molar-refractivity contribution in [2.24, 2.45) is 0 Å². The van der Waals surface area contributed by atoms with E-state index in [0.717, 1.165) is 30.9 Å². The molecule has 1 saturated carbocycles. The number of hydrogen-bond acceptors (Lipinski definition) is 6. The zero-order valence-electron chi connectivity index (χ0n) is 13.2. The van der Waals surface area contributed by atoms with Crippen LogP contribution in [0.25, 0.3) is 11.5 Å². The van der Waals surface area contributed by atoms with Crippen LogP contribution in [0.2, 0.25) is 0 Å². The van der Waals surface area contributed by atoms with Gasteiger partial charge in [-0.2, -0.15) is 4.98 Å². The number of H-pyrrole nitrogens is 1. The molecular formula is C17H19N3O4. The zero-order chi connectivity index (χ0) is 17.1. The van der Waals surface area contributed by atoms with Crippen molar-refractivity contribution >= 4 is 5.78 Å². The van der Waals surface area contributed by atoms with Gasteiger partial charge in [-0.15, -0.1) is 6.58 Å². The lowest BCUT2D eigenvalue weighted by molar-refractivity contribution is -0.122. The first-order chi connectivity index (χ1) is 11.6. The Hall–Kier alpha value is -2.70. The van der Waals surface area contributed by atoms with E-state index in [-0.39, 0.29) is 23.4 Å². The molecule has 3 rings (SSSR count). The molecule has 1 fully saturated rings. The van der Waals surface area contributed by atoms with Crippen LogP contribution in [0.5, 0.6) is 5.88 Å². The molecule has 0 bridgehead atoms. The number of carbonyl (C=O) groups excluding carboxylic acids is 1. The highest BCUT2D eigenvalue weighted by molar-refractivity contribution is 5.86. The van der Waals surface area contributed by atoms with Gasteiger partial charge in [-0.1, -0.05) is 17.7 Å². The van der Waals surface area contributed by atoms with Gasteiger partial charge in [0.05, 0.1) is 12.0 Å². The summed E-state index contributed by atoms with van der Waals surface area (Å²) >= 11 is 0. The van der Waals surface area contributed by atoms with Gasteiger partial charge in [-0.25, -0.2) is 0 Å². The summed E-state index contributed by atoms with van der Waals surface area (Å²) < 4.78 is 5.49. The van der Waals surface area contributed by atoms with E-state index >= 15 is 0 Å². The second-order valence-corrected chi connectivity index (χ2v) is 5.92. The van der Waals surface area contributed by atoms with E-state index in [9.17, 15) is 14.7 Å². The summed E-state index contributed by atoms with van der Waals surface area (Å²) in [5, 5.41) is 13.6. The third kappa shape index (κ3) is 3.15. The molecule has 7 nitrogen and oxygen atoms in total. The van der Waals surface area contributed by atoms with Gasteiger partial charge in [-0.3, -0.25) is 9.59 Å². The molecule has 1 aliphatic rings. The third-order valence-electron chi connectivity index (χ3n) is 4.24. The van der Waals surface area contributed by atoms with Crippen LogP contribution in [0.4, 0.5) is 0 Å². The predicted octanol–water partition coefficient (Wildman–Crippen LogP) is 2.48. The molecular weight excluding hydrogens is 310 g/mol. The number of nitrogens with zero attached hydrogens (tertiary/aromatic N) is 2. The van der Waals surface area contributed by atoms with Crippen LogP contribution in [0.3, 0.4) is 0 Å². The predicted molar refractivity (Wildman–Crippen MR) is 86.8 cm³/mol. The maximum absolute atomic E-state index is 12.3. The normalized spacial score (nSPS) is 17.8. The topological polar surface area (TPSA) is 109 Å². The molecule has 0 aliphatic heterocycles. The molecule has 0 unspecified atom stereocenters. The van der Waals surface area contributed by atoms with Gasteiger partial charge < -0.3 is 14.6 Å². The van der Waals surface area contributed by atoms with Crippen molar-refractivity contribution in [1.29, 1.82) is 0 Å². The summed E-state index contributed by atoms with van der Waals surface area (Å²) in [6.07, 6.45) is 6.16. The Morgan fingerprint density at radius 2 is 2.25 bits per heavy atom. The Kier molecular flexibility index (Phi) is 4.59. The number of nitrogens with one attached hydrogen (secondary N) is 1. The van der Waals surface area contributed by atoms with Crippen LogP contribution < -0.4 is 5.56 Å². The summed E-state index contributed by atoms with van der Waals surface area (Å²) in [4.78, 5) is 30.3. The largest absolute Gasteiger partial charge is 0.493 e. The van der Waals surface area contributed by atoms with Crippen molar-refractivity contribution in [1.82, 2.24) is 15.1 Å². The standard InChI is InChI=1S/C17H19N3O4/c1-2-3-6-11-15(17-18-13(22)9-14(23)19-17)20-24-16(11)10-7-4-5-8-12(10)21/h2,9-10H,1,3-8H2,(H2,18,19,22,23)/t10-/m0/s1. The minimum atomic E-state index is -0.481. The lowest BCUT2D eigenvalue weighted by Crippen LogP contribution is -2.17. The first kappa shape index (κ1) is 16.2. The minimum absolute atomic E-state index is 0.136. The van der Waals surface area contributed by atoms with Gasteiger partial charge in [0.25, 0.3) is 5.56 Å². The number of ketones is 1. The highest BCUT2D eigenvalue weighted by Gasteiger charge is 2.31. The van der Waals surface area contributed by atoms with Crippen molar-refractivity contribution in [3.05, 3.63) is 40.4 Å². The van der Waals surface area contributed by atoms with E-state index in [1.807, 2.05) is 0 Å². The van der Waals surface area contributed by atoms with Crippen LogP contribution in [-0.2, 0) is 11.2 Å². The number of carbonyl (C=O) groups is 1. The second kappa shape index (κ2) is 6.82. The van der Waals surface area contributed by atoms with Crippen molar-refractivity contribution in [3.63, 3.8) is 0 Å². The molecule has 1 atom stereocenters. The highest BCUT2D eigenvalue weighted by Crippen LogP contribution is 2.36. The third-order valence-corrected chi connectivity index (χ3v) is 4.24. The van der Waals surface area contributed by atoms with Gasteiger partial charge >= 0.3 is 0 Å². The SMILES string of the molecule is C=CCCc1c(-c2nc(O)cc(=O)[nH]2)noc1[C@H]1CCCCC1=O. The average Bonchev–Trinajstić information content (AvgIpc) is 2.96. The maximum atomic E-state index is 12.3. The van der Waals surface area contributed by atoms with Gasteiger partial charge in [0, 0.05) is 12.0 Å². The molecule has 2 aromatic rings. The molecule has 2 aromatic heterocycles. The monoisotopic (exact) mass is 329 g/mol. The van der Waals surface area contributed by atoms with Crippen LogP contribution in [-0.4, -0.2) is 26.0 Å². The highest BCUT2D eigenvalue weighted by atomic mass is 16.5. The Labute approximate surface area is 138 Å². The molecule has 126 valence electrons. The zero-order valence-corrected chi connectivity index (χ0v) is 13.2. The molecule has 0 spiro atoms. The fourth-order valence-corrected chi connectivity index (χ4v) is 3.09. The summed E-state index contributed by atoms with van der Waals surface area (Å²) in [5.74, 6) is 0.145. The second-order valence-electron chi connectivity index (χ2n) is 5.92.